The van der Waals surface area contributed by atoms with Crippen LogP contribution >= 0.6 is 0 Å². The van der Waals surface area contributed by atoms with Gasteiger partial charge in [-0.05, 0) is 69.4 Å². The molecule has 1 N–H and O–H groups in total. The summed E-state index contributed by atoms with van der Waals surface area (Å²) >= 11 is 0. The summed E-state index contributed by atoms with van der Waals surface area (Å²) in [5, 5.41) is 3.53. The molecule has 0 atom stereocenters. The second-order valence-electron chi connectivity index (χ2n) is 6.24. The fourth-order valence-electron chi connectivity index (χ4n) is 2.85. The average Bonchev–Trinajstić information content (AvgIpc) is 3.25. The Balaban J connectivity index is 1.62. The van der Waals surface area contributed by atoms with Crippen LogP contribution in [0, 0.1) is 17.8 Å². The Morgan fingerprint density at radius 2 is 1.95 bits per heavy atom. The number of anilines is 1. The first-order valence-corrected chi connectivity index (χ1v) is 7.59. The van der Waals surface area contributed by atoms with Gasteiger partial charge in [0.05, 0.1) is 6.10 Å². The largest absolute Gasteiger partial charge is 0.487 e. The maximum atomic E-state index is 5.80. The Bertz CT molecular complexity index is 413. The van der Waals surface area contributed by atoms with Gasteiger partial charge in [-0.25, -0.2) is 4.98 Å². The molecule has 104 valence electrons. The van der Waals surface area contributed by atoms with Crippen LogP contribution in [-0.4, -0.2) is 17.6 Å². The SMILES string of the molecule is CC(C)Oc1cccnc1NCC(C1CC1)C1CC1. The molecule has 0 bridgehead atoms. The summed E-state index contributed by atoms with van der Waals surface area (Å²) in [4.78, 5) is 4.43. The summed E-state index contributed by atoms with van der Waals surface area (Å²) in [6, 6.07) is 3.93. The number of aromatic nitrogens is 1. The molecule has 3 nitrogen and oxygen atoms in total. The van der Waals surface area contributed by atoms with Crippen molar-refractivity contribution in [1.82, 2.24) is 4.98 Å². The summed E-state index contributed by atoms with van der Waals surface area (Å²) < 4.78 is 5.80. The predicted molar refractivity (Wildman–Crippen MR) is 77.4 cm³/mol. The molecular weight excluding hydrogens is 236 g/mol. The van der Waals surface area contributed by atoms with Crippen LogP contribution in [0.1, 0.15) is 39.5 Å². The zero-order valence-electron chi connectivity index (χ0n) is 11.9. The Labute approximate surface area is 115 Å². The van der Waals surface area contributed by atoms with E-state index >= 15 is 0 Å². The van der Waals surface area contributed by atoms with Crippen molar-refractivity contribution < 1.29 is 4.74 Å². The number of rotatable bonds is 7. The molecule has 19 heavy (non-hydrogen) atoms. The van der Waals surface area contributed by atoms with Crippen molar-refractivity contribution in [2.75, 3.05) is 11.9 Å². The lowest BCUT2D eigenvalue weighted by Crippen LogP contribution is -2.19. The minimum Gasteiger partial charge on any atom is -0.487 e. The third-order valence-corrected chi connectivity index (χ3v) is 4.09. The van der Waals surface area contributed by atoms with Gasteiger partial charge in [0.1, 0.15) is 0 Å². The van der Waals surface area contributed by atoms with E-state index in [1.807, 2.05) is 32.2 Å². The lowest BCUT2D eigenvalue weighted by Gasteiger charge is -2.19. The highest BCUT2D eigenvalue weighted by molar-refractivity contribution is 5.49. The number of nitrogens with zero attached hydrogens (tertiary/aromatic N) is 1. The molecule has 0 amide bonds. The van der Waals surface area contributed by atoms with Gasteiger partial charge in [0.25, 0.3) is 0 Å². The molecule has 3 rings (SSSR count). The maximum absolute atomic E-state index is 5.80. The van der Waals surface area contributed by atoms with E-state index in [0.717, 1.165) is 35.9 Å². The van der Waals surface area contributed by atoms with E-state index in [0.29, 0.717) is 0 Å². The fourth-order valence-corrected chi connectivity index (χ4v) is 2.85. The zero-order chi connectivity index (χ0) is 13.2. The van der Waals surface area contributed by atoms with Crippen LogP contribution in [0.3, 0.4) is 0 Å². The number of nitrogens with one attached hydrogen (secondary N) is 1. The van der Waals surface area contributed by atoms with Crippen LogP contribution in [0.5, 0.6) is 5.75 Å². The molecule has 0 aromatic carbocycles. The maximum Gasteiger partial charge on any atom is 0.168 e. The Hall–Kier alpha value is -1.25. The van der Waals surface area contributed by atoms with Gasteiger partial charge in [-0.15, -0.1) is 0 Å². The summed E-state index contributed by atoms with van der Waals surface area (Å²) in [6.07, 6.45) is 7.74. The molecule has 0 unspecified atom stereocenters. The van der Waals surface area contributed by atoms with E-state index in [2.05, 4.69) is 10.3 Å². The van der Waals surface area contributed by atoms with Crippen LogP contribution in [0.15, 0.2) is 18.3 Å². The Morgan fingerprint density at radius 1 is 1.26 bits per heavy atom. The van der Waals surface area contributed by atoms with Gasteiger partial charge >= 0.3 is 0 Å². The number of ether oxygens (including phenoxy) is 1. The highest BCUT2D eigenvalue weighted by atomic mass is 16.5. The van der Waals surface area contributed by atoms with Gasteiger partial charge in [-0.2, -0.15) is 0 Å². The molecule has 0 aliphatic heterocycles. The summed E-state index contributed by atoms with van der Waals surface area (Å²) in [7, 11) is 0. The van der Waals surface area contributed by atoms with Crippen LogP contribution < -0.4 is 10.1 Å². The standard InChI is InChI=1S/C16H24N2O/c1-11(2)19-15-4-3-9-17-16(15)18-10-14(12-5-6-12)13-7-8-13/h3-4,9,11-14H,5-8,10H2,1-2H3,(H,17,18). The smallest absolute Gasteiger partial charge is 0.168 e. The first kappa shape index (κ1) is 12.8. The van der Waals surface area contributed by atoms with Crippen molar-refractivity contribution in [1.29, 1.82) is 0 Å². The molecular formula is C16H24N2O. The molecule has 1 aromatic rings. The molecule has 0 radical (unpaired) electrons. The minimum absolute atomic E-state index is 0.187. The third-order valence-electron chi connectivity index (χ3n) is 4.09. The van der Waals surface area contributed by atoms with Gasteiger partial charge in [-0.3, -0.25) is 0 Å². The van der Waals surface area contributed by atoms with Gasteiger partial charge in [0.15, 0.2) is 11.6 Å². The Morgan fingerprint density at radius 3 is 2.53 bits per heavy atom. The summed E-state index contributed by atoms with van der Waals surface area (Å²) in [5.74, 6) is 4.58. The van der Waals surface area contributed by atoms with Gasteiger partial charge in [0, 0.05) is 12.7 Å². The van der Waals surface area contributed by atoms with Crippen LogP contribution in [-0.2, 0) is 0 Å². The number of hydrogen-bond acceptors (Lipinski definition) is 3. The van der Waals surface area contributed by atoms with Crippen molar-refractivity contribution in [2.45, 2.75) is 45.6 Å². The van der Waals surface area contributed by atoms with E-state index < -0.39 is 0 Å². The fraction of sp³-hybridized carbons (Fsp3) is 0.688. The first-order valence-electron chi connectivity index (χ1n) is 7.59. The van der Waals surface area contributed by atoms with Crippen molar-refractivity contribution in [3.8, 4) is 5.75 Å². The number of hydrogen-bond donors (Lipinski definition) is 1. The van der Waals surface area contributed by atoms with Gasteiger partial charge in [-0.1, -0.05) is 0 Å². The number of pyridine rings is 1. The van der Waals surface area contributed by atoms with Crippen LogP contribution in [0.4, 0.5) is 5.82 Å². The highest BCUT2D eigenvalue weighted by Crippen LogP contribution is 2.49. The van der Waals surface area contributed by atoms with Crippen molar-refractivity contribution >= 4 is 5.82 Å². The van der Waals surface area contributed by atoms with E-state index in [-0.39, 0.29) is 6.10 Å². The monoisotopic (exact) mass is 260 g/mol. The Kier molecular flexibility index (Phi) is 3.63. The molecule has 3 heteroatoms. The van der Waals surface area contributed by atoms with Crippen molar-refractivity contribution in [3.05, 3.63) is 18.3 Å². The first-order chi connectivity index (χ1) is 9.24. The normalized spacial score (nSPS) is 18.9. The average molecular weight is 260 g/mol. The topological polar surface area (TPSA) is 34.1 Å². The predicted octanol–water partition coefficient (Wildman–Crippen LogP) is 3.72. The van der Waals surface area contributed by atoms with Crippen molar-refractivity contribution in [2.24, 2.45) is 17.8 Å². The second-order valence-corrected chi connectivity index (χ2v) is 6.24. The molecule has 0 spiro atoms. The van der Waals surface area contributed by atoms with Gasteiger partial charge < -0.3 is 10.1 Å². The second kappa shape index (κ2) is 5.40. The highest BCUT2D eigenvalue weighted by Gasteiger charge is 2.41. The zero-order valence-corrected chi connectivity index (χ0v) is 11.9. The quantitative estimate of drug-likeness (QED) is 0.811. The van der Waals surface area contributed by atoms with Gasteiger partial charge in [0.2, 0.25) is 0 Å². The van der Waals surface area contributed by atoms with E-state index in [9.17, 15) is 0 Å². The summed E-state index contributed by atoms with van der Waals surface area (Å²) in [5.41, 5.74) is 0. The molecule has 1 aromatic heterocycles. The van der Waals surface area contributed by atoms with Crippen molar-refractivity contribution in [3.63, 3.8) is 0 Å². The molecule has 1 heterocycles. The molecule has 2 aliphatic carbocycles. The van der Waals surface area contributed by atoms with Crippen LogP contribution in [0.25, 0.3) is 0 Å². The lowest BCUT2D eigenvalue weighted by atomic mass is 9.98. The van der Waals surface area contributed by atoms with E-state index in [4.69, 9.17) is 4.74 Å². The molecule has 2 aliphatic rings. The molecule has 2 fully saturated rings. The minimum atomic E-state index is 0.187. The lowest BCUT2D eigenvalue weighted by molar-refractivity contribution is 0.242. The third kappa shape index (κ3) is 3.40. The molecule has 2 saturated carbocycles. The van der Waals surface area contributed by atoms with E-state index in [1.165, 1.54) is 25.7 Å². The molecule has 0 saturated heterocycles. The summed E-state index contributed by atoms with van der Waals surface area (Å²) in [6.45, 7) is 5.16. The van der Waals surface area contributed by atoms with E-state index in [1.54, 1.807) is 0 Å². The van der Waals surface area contributed by atoms with Crippen LogP contribution in [0.2, 0.25) is 0 Å².